The predicted molar refractivity (Wildman–Crippen MR) is 115 cm³/mol. The molecule has 5 heteroatoms. The van der Waals surface area contributed by atoms with Crippen LogP contribution in [0, 0.1) is 5.92 Å². The number of anilines is 1. The molecule has 0 heterocycles. The first-order chi connectivity index (χ1) is 14.2. The van der Waals surface area contributed by atoms with E-state index < -0.39 is 0 Å². The van der Waals surface area contributed by atoms with Gasteiger partial charge < -0.3 is 15.4 Å². The quantitative estimate of drug-likeness (QED) is 0.640. The highest BCUT2D eigenvalue weighted by atomic mass is 16.5. The van der Waals surface area contributed by atoms with Gasteiger partial charge in [-0.25, -0.2) is 0 Å². The van der Waals surface area contributed by atoms with Gasteiger partial charge in [-0.05, 0) is 55.0 Å². The molecule has 2 aromatic rings. The number of rotatable bonds is 8. The molecule has 2 saturated carbocycles. The Labute approximate surface area is 172 Å². The van der Waals surface area contributed by atoms with Crippen LogP contribution in [0.2, 0.25) is 0 Å². The summed E-state index contributed by atoms with van der Waals surface area (Å²) < 4.78 is 5.93. The van der Waals surface area contributed by atoms with Crippen molar-refractivity contribution in [2.45, 2.75) is 57.5 Å². The number of carbonyl (C=O) groups excluding carboxylic acids is 2. The summed E-state index contributed by atoms with van der Waals surface area (Å²) in [7, 11) is 0. The monoisotopic (exact) mass is 394 g/mol. The molecule has 2 aliphatic rings. The minimum Gasteiger partial charge on any atom is -0.378 e. The van der Waals surface area contributed by atoms with Gasteiger partial charge in [-0.3, -0.25) is 9.59 Å². The second-order valence-electron chi connectivity index (χ2n) is 8.25. The van der Waals surface area contributed by atoms with E-state index in [0.29, 0.717) is 30.5 Å². The number of ether oxygens (including phenoxy) is 1. The maximum Gasteiger partial charge on any atom is 0.253 e. The number of benzene rings is 2. The first kappa shape index (κ1) is 19.9. The van der Waals surface area contributed by atoms with E-state index >= 15 is 0 Å². The highest BCUT2D eigenvalue weighted by molar-refractivity contribution is 6.08. The Balaban J connectivity index is 1.36. The average Bonchev–Trinajstić information content (AvgIpc) is 3.59. The topological polar surface area (TPSA) is 67.4 Å². The van der Waals surface area contributed by atoms with Crippen LogP contribution in [-0.4, -0.2) is 31.1 Å². The minimum absolute atomic E-state index is 0.00946. The summed E-state index contributed by atoms with van der Waals surface area (Å²) in [5, 5.41) is 7.95. The average molecular weight is 395 g/mol. The summed E-state index contributed by atoms with van der Waals surface area (Å²) in [5.41, 5.74) is 1.11. The minimum atomic E-state index is -0.153. The Morgan fingerprint density at radius 1 is 0.966 bits per heavy atom. The van der Waals surface area contributed by atoms with Crippen LogP contribution in [0.1, 0.15) is 61.7 Å². The van der Waals surface area contributed by atoms with Gasteiger partial charge in [0.1, 0.15) is 0 Å². The van der Waals surface area contributed by atoms with E-state index in [-0.39, 0.29) is 17.7 Å². The largest absolute Gasteiger partial charge is 0.378 e. The van der Waals surface area contributed by atoms with Crippen LogP contribution in [0.4, 0.5) is 5.69 Å². The maximum atomic E-state index is 12.8. The molecule has 0 aromatic heterocycles. The number of amides is 2. The maximum absolute atomic E-state index is 12.8. The lowest BCUT2D eigenvalue weighted by molar-refractivity contribution is -0.117. The zero-order valence-electron chi connectivity index (χ0n) is 16.9. The Morgan fingerprint density at radius 3 is 2.41 bits per heavy atom. The molecular weight excluding hydrogens is 364 g/mol. The SMILES string of the molecule is O=C(NCCCOC1CCCCC1)c1cc2ccccc2cc1NC(=O)C1CC1. The molecule has 29 heavy (non-hydrogen) atoms. The molecule has 0 radical (unpaired) electrons. The van der Waals surface area contributed by atoms with Gasteiger partial charge in [0.05, 0.1) is 17.4 Å². The van der Waals surface area contributed by atoms with Gasteiger partial charge in [0.15, 0.2) is 0 Å². The number of nitrogens with one attached hydrogen (secondary N) is 2. The molecule has 2 amide bonds. The van der Waals surface area contributed by atoms with Gasteiger partial charge in [-0.2, -0.15) is 0 Å². The summed E-state index contributed by atoms with van der Waals surface area (Å²) in [6.07, 6.45) is 9.22. The van der Waals surface area contributed by atoms with E-state index in [4.69, 9.17) is 4.74 Å². The molecule has 5 nitrogen and oxygen atoms in total. The number of hydrogen-bond acceptors (Lipinski definition) is 3. The van der Waals surface area contributed by atoms with E-state index in [9.17, 15) is 9.59 Å². The summed E-state index contributed by atoms with van der Waals surface area (Å²) in [6.45, 7) is 1.24. The van der Waals surface area contributed by atoms with Gasteiger partial charge in [0.2, 0.25) is 5.91 Å². The molecular formula is C24H30N2O3. The molecule has 0 aliphatic heterocycles. The van der Waals surface area contributed by atoms with Gasteiger partial charge in [0.25, 0.3) is 5.91 Å². The molecule has 0 atom stereocenters. The van der Waals surface area contributed by atoms with E-state index in [2.05, 4.69) is 10.6 Å². The lowest BCUT2D eigenvalue weighted by atomic mass is 9.98. The Bertz CT molecular complexity index is 870. The zero-order valence-corrected chi connectivity index (χ0v) is 16.9. The highest BCUT2D eigenvalue weighted by Crippen LogP contribution is 2.32. The van der Waals surface area contributed by atoms with Crippen molar-refractivity contribution >= 4 is 28.3 Å². The summed E-state index contributed by atoms with van der Waals surface area (Å²) >= 11 is 0. The fourth-order valence-electron chi connectivity index (χ4n) is 3.96. The molecule has 4 rings (SSSR count). The van der Waals surface area contributed by atoms with Crippen LogP contribution in [0.15, 0.2) is 36.4 Å². The van der Waals surface area contributed by atoms with Gasteiger partial charge in [-0.15, -0.1) is 0 Å². The fraction of sp³-hybridized carbons (Fsp3) is 0.500. The smallest absolute Gasteiger partial charge is 0.253 e. The molecule has 2 aliphatic carbocycles. The molecule has 2 N–H and O–H groups in total. The molecule has 0 saturated heterocycles. The van der Waals surface area contributed by atoms with Crippen LogP contribution in [0.25, 0.3) is 10.8 Å². The number of fused-ring (bicyclic) bond motifs is 1. The number of carbonyl (C=O) groups is 2. The van der Waals surface area contributed by atoms with Crippen LogP contribution in [0.3, 0.4) is 0 Å². The second kappa shape index (κ2) is 9.40. The van der Waals surface area contributed by atoms with E-state index in [1.165, 1.54) is 19.3 Å². The molecule has 2 aromatic carbocycles. The van der Waals surface area contributed by atoms with Crippen molar-refractivity contribution in [1.82, 2.24) is 5.32 Å². The van der Waals surface area contributed by atoms with E-state index in [0.717, 1.165) is 42.9 Å². The zero-order chi connectivity index (χ0) is 20.1. The van der Waals surface area contributed by atoms with E-state index in [1.54, 1.807) is 0 Å². The third kappa shape index (κ3) is 5.36. The van der Waals surface area contributed by atoms with Crippen LogP contribution < -0.4 is 10.6 Å². The fourth-order valence-corrected chi connectivity index (χ4v) is 3.96. The molecule has 0 bridgehead atoms. The van der Waals surface area contributed by atoms with Crippen molar-refractivity contribution in [2.75, 3.05) is 18.5 Å². The summed E-state index contributed by atoms with van der Waals surface area (Å²) in [4.78, 5) is 25.1. The lowest BCUT2D eigenvalue weighted by Gasteiger charge is -2.22. The third-order valence-corrected chi connectivity index (χ3v) is 5.85. The van der Waals surface area contributed by atoms with Crippen molar-refractivity contribution in [3.8, 4) is 0 Å². The van der Waals surface area contributed by atoms with Gasteiger partial charge in [-0.1, -0.05) is 43.5 Å². The Hall–Kier alpha value is -2.40. The van der Waals surface area contributed by atoms with Crippen molar-refractivity contribution < 1.29 is 14.3 Å². The summed E-state index contributed by atoms with van der Waals surface area (Å²) in [5.74, 6) is -0.0518. The lowest BCUT2D eigenvalue weighted by Crippen LogP contribution is -2.27. The second-order valence-corrected chi connectivity index (χ2v) is 8.25. The highest BCUT2D eigenvalue weighted by Gasteiger charge is 2.30. The predicted octanol–water partition coefficient (Wildman–Crippen LogP) is 4.66. The van der Waals surface area contributed by atoms with Gasteiger partial charge >= 0.3 is 0 Å². The van der Waals surface area contributed by atoms with Crippen molar-refractivity contribution in [2.24, 2.45) is 5.92 Å². The van der Waals surface area contributed by atoms with Crippen LogP contribution >= 0.6 is 0 Å². The Kier molecular flexibility index (Phi) is 6.45. The van der Waals surface area contributed by atoms with Crippen molar-refractivity contribution in [3.63, 3.8) is 0 Å². The standard InChI is InChI=1S/C24H30N2O3/c27-23(17-11-12-17)26-22-16-19-8-5-4-7-18(19)15-21(22)24(28)25-13-6-14-29-20-9-2-1-3-10-20/h4-5,7-8,15-17,20H,1-3,6,9-14H2,(H,25,28)(H,26,27). The molecule has 0 unspecified atom stereocenters. The normalized spacial score (nSPS) is 17.2. The van der Waals surface area contributed by atoms with Gasteiger partial charge in [0, 0.05) is 19.1 Å². The van der Waals surface area contributed by atoms with Crippen LogP contribution in [0.5, 0.6) is 0 Å². The van der Waals surface area contributed by atoms with Crippen molar-refractivity contribution in [3.05, 3.63) is 42.0 Å². The molecule has 2 fully saturated rings. The first-order valence-corrected chi connectivity index (χ1v) is 10.9. The summed E-state index contributed by atoms with van der Waals surface area (Å²) in [6, 6.07) is 11.7. The molecule has 0 spiro atoms. The first-order valence-electron chi connectivity index (χ1n) is 10.9. The van der Waals surface area contributed by atoms with Crippen molar-refractivity contribution in [1.29, 1.82) is 0 Å². The van der Waals surface area contributed by atoms with Crippen LogP contribution in [-0.2, 0) is 9.53 Å². The Morgan fingerprint density at radius 2 is 1.69 bits per heavy atom. The number of hydrogen-bond donors (Lipinski definition) is 2. The third-order valence-electron chi connectivity index (χ3n) is 5.85. The molecule has 154 valence electrons. The van der Waals surface area contributed by atoms with E-state index in [1.807, 2.05) is 36.4 Å².